The average molecular weight is 225 g/mol. The van der Waals surface area contributed by atoms with Crippen molar-refractivity contribution in [1.29, 1.82) is 0 Å². The van der Waals surface area contributed by atoms with E-state index in [0.29, 0.717) is 6.42 Å². The molecule has 0 rings (SSSR count). The first-order valence-electron chi connectivity index (χ1n) is 5.26. The minimum atomic E-state index is -2.42. The Hall–Kier alpha value is -0.260. The molecule has 0 aromatic carbocycles. The summed E-state index contributed by atoms with van der Waals surface area (Å²) in [6, 6.07) is 0. The molecular formula is C10H21F2NO2. The Bertz CT molecular complexity index is 158. The SMILES string of the molecule is CCCNC(C)(CO)CCOCC(F)F. The van der Waals surface area contributed by atoms with Crippen molar-refractivity contribution < 1.29 is 18.6 Å². The number of hydrogen-bond donors (Lipinski definition) is 2. The fourth-order valence-corrected chi connectivity index (χ4v) is 1.12. The molecule has 0 spiro atoms. The number of aliphatic hydroxyl groups is 1. The van der Waals surface area contributed by atoms with E-state index < -0.39 is 18.6 Å². The second-order valence-electron chi connectivity index (χ2n) is 3.86. The topological polar surface area (TPSA) is 41.5 Å². The molecule has 0 aliphatic heterocycles. The maximum Gasteiger partial charge on any atom is 0.261 e. The fourth-order valence-electron chi connectivity index (χ4n) is 1.12. The maximum absolute atomic E-state index is 11.7. The quantitative estimate of drug-likeness (QED) is 0.583. The van der Waals surface area contributed by atoms with Crippen molar-refractivity contribution in [2.24, 2.45) is 0 Å². The maximum atomic E-state index is 11.7. The fraction of sp³-hybridized carbons (Fsp3) is 1.00. The molecule has 0 fully saturated rings. The highest BCUT2D eigenvalue weighted by Crippen LogP contribution is 2.09. The van der Waals surface area contributed by atoms with E-state index in [4.69, 9.17) is 9.84 Å². The first-order valence-corrected chi connectivity index (χ1v) is 5.26. The molecule has 0 aromatic rings. The lowest BCUT2D eigenvalue weighted by atomic mass is 9.99. The summed E-state index contributed by atoms with van der Waals surface area (Å²) < 4.78 is 28.3. The van der Waals surface area contributed by atoms with Crippen LogP contribution < -0.4 is 5.32 Å². The molecule has 0 bridgehead atoms. The summed E-state index contributed by atoms with van der Waals surface area (Å²) in [5.41, 5.74) is -0.432. The molecule has 15 heavy (non-hydrogen) atoms. The van der Waals surface area contributed by atoms with Crippen molar-refractivity contribution in [3.63, 3.8) is 0 Å². The summed E-state index contributed by atoms with van der Waals surface area (Å²) in [5.74, 6) is 0. The van der Waals surface area contributed by atoms with Gasteiger partial charge in [-0.15, -0.1) is 0 Å². The summed E-state index contributed by atoms with van der Waals surface area (Å²) >= 11 is 0. The summed E-state index contributed by atoms with van der Waals surface area (Å²) in [7, 11) is 0. The minimum absolute atomic E-state index is 0.0228. The number of aliphatic hydroxyl groups excluding tert-OH is 1. The van der Waals surface area contributed by atoms with Crippen LogP contribution >= 0.6 is 0 Å². The van der Waals surface area contributed by atoms with Crippen LogP contribution in [0.1, 0.15) is 26.7 Å². The molecule has 0 saturated heterocycles. The molecular weight excluding hydrogens is 204 g/mol. The summed E-state index contributed by atoms with van der Waals surface area (Å²) in [5, 5.41) is 12.3. The van der Waals surface area contributed by atoms with Crippen molar-refractivity contribution in [2.75, 3.05) is 26.4 Å². The lowest BCUT2D eigenvalue weighted by molar-refractivity contribution is 0.00655. The van der Waals surface area contributed by atoms with Crippen molar-refractivity contribution in [3.05, 3.63) is 0 Å². The molecule has 0 aliphatic carbocycles. The number of nitrogens with one attached hydrogen (secondary N) is 1. The van der Waals surface area contributed by atoms with E-state index >= 15 is 0 Å². The highest BCUT2D eigenvalue weighted by atomic mass is 19.3. The summed E-state index contributed by atoms with van der Waals surface area (Å²) in [6.45, 7) is 4.36. The molecule has 0 aromatic heterocycles. The van der Waals surface area contributed by atoms with Crippen LogP contribution in [0.4, 0.5) is 8.78 Å². The second-order valence-corrected chi connectivity index (χ2v) is 3.86. The van der Waals surface area contributed by atoms with E-state index in [9.17, 15) is 8.78 Å². The van der Waals surface area contributed by atoms with Gasteiger partial charge in [-0.2, -0.15) is 0 Å². The first-order chi connectivity index (χ1) is 7.04. The van der Waals surface area contributed by atoms with Gasteiger partial charge >= 0.3 is 0 Å². The van der Waals surface area contributed by atoms with Crippen LogP contribution in [0.3, 0.4) is 0 Å². The van der Waals surface area contributed by atoms with E-state index in [1.54, 1.807) is 0 Å². The van der Waals surface area contributed by atoms with Gasteiger partial charge in [0.05, 0.1) is 6.61 Å². The van der Waals surface area contributed by atoms with Gasteiger partial charge in [-0.25, -0.2) is 8.78 Å². The van der Waals surface area contributed by atoms with Crippen molar-refractivity contribution in [1.82, 2.24) is 5.32 Å². The number of alkyl halides is 2. The molecule has 3 nitrogen and oxygen atoms in total. The van der Waals surface area contributed by atoms with E-state index in [1.165, 1.54) is 0 Å². The molecule has 1 unspecified atom stereocenters. The lowest BCUT2D eigenvalue weighted by Crippen LogP contribution is -2.47. The Balaban J connectivity index is 3.67. The number of hydrogen-bond acceptors (Lipinski definition) is 3. The van der Waals surface area contributed by atoms with Crippen LogP contribution in [-0.2, 0) is 4.74 Å². The predicted octanol–water partition coefficient (Wildman–Crippen LogP) is 1.41. The van der Waals surface area contributed by atoms with Gasteiger partial charge in [0.15, 0.2) is 0 Å². The zero-order valence-corrected chi connectivity index (χ0v) is 9.43. The minimum Gasteiger partial charge on any atom is -0.394 e. The largest absolute Gasteiger partial charge is 0.394 e. The van der Waals surface area contributed by atoms with E-state index in [-0.39, 0.29) is 13.2 Å². The van der Waals surface area contributed by atoms with Gasteiger partial charge in [-0.1, -0.05) is 6.92 Å². The van der Waals surface area contributed by atoms with E-state index in [2.05, 4.69) is 5.32 Å². The van der Waals surface area contributed by atoms with Crippen LogP contribution in [0.5, 0.6) is 0 Å². The third-order valence-corrected chi connectivity index (χ3v) is 2.19. The Labute approximate surface area is 89.8 Å². The van der Waals surface area contributed by atoms with Gasteiger partial charge in [0.25, 0.3) is 6.43 Å². The van der Waals surface area contributed by atoms with Gasteiger partial charge in [0.1, 0.15) is 6.61 Å². The Morgan fingerprint density at radius 2 is 2.13 bits per heavy atom. The molecule has 0 heterocycles. The zero-order valence-electron chi connectivity index (χ0n) is 9.43. The highest BCUT2D eigenvalue weighted by Gasteiger charge is 2.21. The van der Waals surface area contributed by atoms with Crippen LogP contribution in [0.25, 0.3) is 0 Å². The molecule has 2 N–H and O–H groups in total. The van der Waals surface area contributed by atoms with E-state index in [0.717, 1.165) is 13.0 Å². The predicted molar refractivity (Wildman–Crippen MR) is 55.2 cm³/mol. The van der Waals surface area contributed by atoms with Crippen molar-refractivity contribution in [3.8, 4) is 0 Å². The summed E-state index contributed by atoms with van der Waals surface area (Å²) in [6.07, 6.45) is -0.932. The third-order valence-electron chi connectivity index (χ3n) is 2.19. The van der Waals surface area contributed by atoms with Gasteiger partial charge in [0.2, 0.25) is 0 Å². The van der Waals surface area contributed by atoms with Gasteiger partial charge in [-0.05, 0) is 26.3 Å². The van der Waals surface area contributed by atoms with Crippen molar-refractivity contribution in [2.45, 2.75) is 38.7 Å². The zero-order chi connectivity index (χ0) is 11.7. The molecule has 5 heteroatoms. The Morgan fingerprint density at radius 1 is 1.47 bits per heavy atom. The number of ether oxygens (including phenoxy) is 1. The average Bonchev–Trinajstić information content (AvgIpc) is 2.21. The highest BCUT2D eigenvalue weighted by molar-refractivity contribution is 4.81. The molecule has 0 saturated carbocycles. The van der Waals surface area contributed by atoms with Crippen LogP contribution in [0.2, 0.25) is 0 Å². The first kappa shape index (κ1) is 14.7. The van der Waals surface area contributed by atoms with E-state index in [1.807, 2.05) is 13.8 Å². The van der Waals surface area contributed by atoms with Gasteiger partial charge in [0, 0.05) is 12.1 Å². The number of rotatable bonds is 9. The molecule has 1 atom stereocenters. The smallest absolute Gasteiger partial charge is 0.261 e. The van der Waals surface area contributed by atoms with Gasteiger partial charge < -0.3 is 15.2 Å². The van der Waals surface area contributed by atoms with Crippen LogP contribution in [0.15, 0.2) is 0 Å². The van der Waals surface area contributed by atoms with Gasteiger partial charge in [-0.3, -0.25) is 0 Å². The Kier molecular flexibility index (Phi) is 7.82. The molecule has 0 amide bonds. The monoisotopic (exact) mass is 225 g/mol. The third kappa shape index (κ3) is 7.64. The second kappa shape index (κ2) is 7.96. The van der Waals surface area contributed by atoms with Crippen LogP contribution in [0, 0.1) is 0 Å². The van der Waals surface area contributed by atoms with Crippen LogP contribution in [-0.4, -0.2) is 43.4 Å². The normalized spacial score (nSPS) is 15.6. The number of halogens is 2. The standard InChI is InChI=1S/C10H21F2NO2/c1-3-5-13-10(2,8-14)4-6-15-7-9(11)12/h9,13-14H,3-8H2,1-2H3. The van der Waals surface area contributed by atoms with Crippen molar-refractivity contribution >= 4 is 0 Å². The molecule has 92 valence electrons. The lowest BCUT2D eigenvalue weighted by Gasteiger charge is -2.28. The summed E-state index contributed by atoms with van der Waals surface area (Å²) in [4.78, 5) is 0. The molecule has 0 radical (unpaired) electrons. The molecule has 0 aliphatic rings. The Morgan fingerprint density at radius 3 is 2.60 bits per heavy atom.